The van der Waals surface area contributed by atoms with Crippen LogP contribution in [0, 0.1) is 12.3 Å². The monoisotopic (exact) mass is 409 g/mol. The van der Waals surface area contributed by atoms with Gasteiger partial charge in [0.1, 0.15) is 5.76 Å². The van der Waals surface area contributed by atoms with Gasteiger partial charge in [-0.2, -0.15) is 0 Å². The predicted molar refractivity (Wildman–Crippen MR) is 114 cm³/mol. The maximum absolute atomic E-state index is 13.4. The fourth-order valence-electron chi connectivity index (χ4n) is 4.81. The topological polar surface area (TPSA) is 65.8 Å². The first-order valence-electron chi connectivity index (χ1n) is 10.9. The van der Waals surface area contributed by atoms with Gasteiger partial charge in [-0.15, -0.1) is 0 Å². The van der Waals surface area contributed by atoms with Crippen molar-refractivity contribution in [3.63, 3.8) is 0 Å². The van der Waals surface area contributed by atoms with Crippen molar-refractivity contribution in [2.45, 2.75) is 45.7 Å². The summed E-state index contributed by atoms with van der Waals surface area (Å²) in [4.78, 5) is 29.8. The molecule has 0 saturated carbocycles. The van der Waals surface area contributed by atoms with Gasteiger partial charge in [0, 0.05) is 32.6 Å². The lowest BCUT2D eigenvalue weighted by Crippen LogP contribution is -2.49. The van der Waals surface area contributed by atoms with Crippen LogP contribution in [0.5, 0.6) is 0 Å². The van der Waals surface area contributed by atoms with Crippen molar-refractivity contribution in [1.29, 1.82) is 0 Å². The molecule has 1 aromatic carbocycles. The van der Waals surface area contributed by atoms with Crippen molar-refractivity contribution < 1.29 is 14.0 Å². The molecule has 2 fully saturated rings. The number of nitrogens with one attached hydrogen (secondary N) is 1. The normalized spacial score (nSPS) is 22.0. The van der Waals surface area contributed by atoms with Gasteiger partial charge in [-0.05, 0) is 50.4 Å². The number of hydrogen-bond acceptors (Lipinski definition) is 4. The largest absolute Gasteiger partial charge is 0.467 e. The molecular weight excluding hydrogens is 378 g/mol. The SMILES string of the molecule is Cc1cccc(CN2CCCC3(CCN(CCC(=O)NCc4ccco4)C3)C2=O)c1. The molecule has 2 aromatic rings. The van der Waals surface area contributed by atoms with Crippen LogP contribution in [0.3, 0.4) is 0 Å². The number of furan rings is 1. The Kier molecular flexibility index (Phi) is 6.23. The predicted octanol–water partition coefficient (Wildman–Crippen LogP) is 3.11. The summed E-state index contributed by atoms with van der Waals surface area (Å²) in [5.74, 6) is 1.06. The van der Waals surface area contributed by atoms with Crippen LogP contribution in [0.1, 0.15) is 42.6 Å². The summed E-state index contributed by atoms with van der Waals surface area (Å²) in [7, 11) is 0. The first-order chi connectivity index (χ1) is 14.5. The number of nitrogens with zero attached hydrogens (tertiary/aromatic N) is 2. The standard InChI is InChI=1S/C24H31N3O3/c1-19-5-2-6-20(15-19)17-27-11-4-9-24(23(27)29)10-13-26(18-24)12-8-22(28)25-16-21-7-3-14-30-21/h2-3,5-7,14-15H,4,8-13,16-18H2,1H3,(H,25,28). The van der Waals surface area contributed by atoms with Gasteiger partial charge in [0.2, 0.25) is 11.8 Å². The Labute approximate surface area is 178 Å². The highest BCUT2D eigenvalue weighted by Crippen LogP contribution is 2.40. The molecule has 0 aliphatic carbocycles. The van der Waals surface area contributed by atoms with Crippen LogP contribution in [0.15, 0.2) is 47.1 Å². The Hall–Kier alpha value is -2.60. The highest BCUT2D eigenvalue weighted by molar-refractivity contribution is 5.84. The van der Waals surface area contributed by atoms with E-state index in [-0.39, 0.29) is 11.3 Å². The van der Waals surface area contributed by atoms with E-state index in [9.17, 15) is 9.59 Å². The number of amides is 2. The Bertz CT molecular complexity index is 880. The molecule has 1 unspecified atom stereocenters. The highest BCUT2D eigenvalue weighted by Gasteiger charge is 2.48. The zero-order valence-corrected chi connectivity index (χ0v) is 17.7. The van der Waals surface area contributed by atoms with Crippen molar-refractivity contribution in [2.75, 3.05) is 26.2 Å². The minimum Gasteiger partial charge on any atom is -0.467 e. The molecule has 160 valence electrons. The molecule has 4 rings (SSSR count). The Morgan fingerprint density at radius 2 is 2.10 bits per heavy atom. The summed E-state index contributed by atoms with van der Waals surface area (Å²) in [6.45, 7) is 6.37. The van der Waals surface area contributed by atoms with Crippen LogP contribution < -0.4 is 5.32 Å². The molecule has 6 nitrogen and oxygen atoms in total. The molecule has 2 amide bonds. The summed E-state index contributed by atoms with van der Waals surface area (Å²) in [6.07, 6.45) is 4.95. The van der Waals surface area contributed by atoms with Gasteiger partial charge in [-0.3, -0.25) is 9.59 Å². The molecule has 1 N–H and O–H groups in total. The third-order valence-electron chi connectivity index (χ3n) is 6.41. The Morgan fingerprint density at radius 3 is 2.90 bits per heavy atom. The molecule has 1 atom stereocenters. The third kappa shape index (κ3) is 4.75. The molecule has 0 bridgehead atoms. The summed E-state index contributed by atoms with van der Waals surface area (Å²) >= 11 is 0. The first kappa shape index (κ1) is 20.7. The smallest absolute Gasteiger partial charge is 0.230 e. The molecule has 6 heteroatoms. The van der Waals surface area contributed by atoms with Crippen LogP contribution in [0.2, 0.25) is 0 Å². The number of likely N-dealkylation sites (tertiary alicyclic amines) is 2. The molecule has 30 heavy (non-hydrogen) atoms. The summed E-state index contributed by atoms with van der Waals surface area (Å²) < 4.78 is 5.24. The number of benzene rings is 1. The van der Waals surface area contributed by atoms with Crippen LogP contribution in [-0.2, 0) is 22.7 Å². The van der Waals surface area contributed by atoms with Crippen molar-refractivity contribution >= 4 is 11.8 Å². The van der Waals surface area contributed by atoms with E-state index in [2.05, 4.69) is 41.4 Å². The number of aryl methyl sites for hydroxylation is 1. The maximum Gasteiger partial charge on any atom is 0.230 e. The van der Waals surface area contributed by atoms with Crippen molar-refractivity contribution in [1.82, 2.24) is 15.1 Å². The lowest BCUT2D eigenvalue weighted by atomic mass is 9.78. The Morgan fingerprint density at radius 1 is 1.20 bits per heavy atom. The molecular formula is C24H31N3O3. The first-order valence-corrected chi connectivity index (χ1v) is 10.9. The van der Waals surface area contributed by atoms with E-state index in [0.29, 0.717) is 32.0 Å². The van der Waals surface area contributed by atoms with Gasteiger partial charge in [0.15, 0.2) is 0 Å². The van der Waals surface area contributed by atoms with Gasteiger partial charge in [0.05, 0.1) is 18.2 Å². The summed E-state index contributed by atoms with van der Waals surface area (Å²) in [5, 5.41) is 2.89. The second-order valence-corrected chi connectivity index (χ2v) is 8.73. The van der Waals surface area contributed by atoms with Gasteiger partial charge < -0.3 is 19.5 Å². The van der Waals surface area contributed by atoms with Crippen molar-refractivity contribution in [3.05, 3.63) is 59.5 Å². The number of hydrogen-bond donors (Lipinski definition) is 1. The van der Waals surface area contributed by atoms with Crippen LogP contribution in [0.4, 0.5) is 0 Å². The van der Waals surface area contributed by atoms with Gasteiger partial charge >= 0.3 is 0 Å². The lowest BCUT2D eigenvalue weighted by molar-refractivity contribution is -0.146. The molecule has 2 saturated heterocycles. The van der Waals surface area contributed by atoms with Gasteiger partial charge in [-0.1, -0.05) is 29.8 Å². The van der Waals surface area contributed by atoms with Crippen LogP contribution in [0.25, 0.3) is 0 Å². The van der Waals surface area contributed by atoms with Crippen LogP contribution in [-0.4, -0.2) is 47.8 Å². The number of rotatable bonds is 7. The third-order valence-corrected chi connectivity index (χ3v) is 6.41. The van der Waals surface area contributed by atoms with E-state index < -0.39 is 0 Å². The quantitative estimate of drug-likeness (QED) is 0.763. The zero-order valence-electron chi connectivity index (χ0n) is 17.7. The second-order valence-electron chi connectivity index (χ2n) is 8.73. The molecule has 0 radical (unpaired) electrons. The average molecular weight is 410 g/mol. The summed E-state index contributed by atoms with van der Waals surface area (Å²) in [5.41, 5.74) is 2.15. The van der Waals surface area contributed by atoms with Crippen molar-refractivity contribution in [3.8, 4) is 0 Å². The van der Waals surface area contributed by atoms with E-state index in [1.807, 2.05) is 17.0 Å². The number of carbonyl (C=O) groups excluding carboxylic acids is 2. The van der Waals surface area contributed by atoms with E-state index >= 15 is 0 Å². The van der Waals surface area contributed by atoms with E-state index in [1.165, 1.54) is 11.1 Å². The average Bonchev–Trinajstić information content (AvgIpc) is 3.39. The fraction of sp³-hybridized carbons (Fsp3) is 0.500. The van der Waals surface area contributed by atoms with E-state index in [0.717, 1.165) is 44.7 Å². The van der Waals surface area contributed by atoms with Crippen molar-refractivity contribution in [2.24, 2.45) is 5.41 Å². The van der Waals surface area contributed by atoms with Crippen LogP contribution >= 0.6 is 0 Å². The summed E-state index contributed by atoms with van der Waals surface area (Å²) in [6, 6.07) is 12.1. The minimum atomic E-state index is -0.271. The maximum atomic E-state index is 13.4. The zero-order chi connectivity index (χ0) is 21.0. The number of piperidine rings is 1. The van der Waals surface area contributed by atoms with E-state index in [4.69, 9.17) is 4.42 Å². The minimum absolute atomic E-state index is 0.0170. The lowest BCUT2D eigenvalue weighted by Gasteiger charge is -2.39. The fourth-order valence-corrected chi connectivity index (χ4v) is 4.81. The van der Waals surface area contributed by atoms with E-state index in [1.54, 1.807) is 6.26 Å². The highest BCUT2D eigenvalue weighted by atomic mass is 16.3. The Balaban J connectivity index is 1.28. The van der Waals surface area contributed by atoms with Gasteiger partial charge in [0.25, 0.3) is 0 Å². The molecule has 1 spiro atoms. The molecule has 3 heterocycles. The second kappa shape index (κ2) is 9.04. The van der Waals surface area contributed by atoms with Gasteiger partial charge in [-0.25, -0.2) is 0 Å². The molecule has 2 aliphatic heterocycles. The number of carbonyl (C=O) groups is 2. The molecule has 1 aromatic heterocycles. The molecule has 2 aliphatic rings.